The number of hydrogen-bond donors (Lipinski definition) is 2. The molecule has 0 bridgehead atoms. The third-order valence-electron chi connectivity index (χ3n) is 3.89. The van der Waals surface area contributed by atoms with Crippen LogP contribution in [0.25, 0.3) is 0 Å². The van der Waals surface area contributed by atoms with Crippen molar-refractivity contribution in [3.05, 3.63) is 60.4 Å². The summed E-state index contributed by atoms with van der Waals surface area (Å²) in [6, 6.07) is 14.5. The standard InChI is InChI=1S/C20H20N4O3/c1-13(25)14-4-6-15(7-5-14)23-19-11-20(22-12-21-19)24-16-8-9-17(26-2)18(10-16)27-3/h4-12H,1-3H3,(H2,21,22,23,24). The van der Waals surface area contributed by atoms with Crippen LogP contribution in [0.3, 0.4) is 0 Å². The van der Waals surface area contributed by atoms with Crippen molar-refractivity contribution in [3.8, 4) is 11.5 Å². The first-order valence-corrected chi connectivity index (χ1v) is 8.28. The van der Waals surface area contributed by atoms with Crippen LogP contribution < -0.4 is 20.1 Å². The molecule has 7 nitrogen and oxygen atoms in total. The summed E-state index contributed by atoms with van der Waals surface area (Å²) in [6.07, 6.45) is 1.47. The lowest BCUT2D eigenvalue weighted by atomic mass is 10.1. The van der Waals surface area contributed by atoms with Crippen molar-refractivity contribution >= 4 is 28.8 Å². The van der Waals surface area contributed by atoms with Gasteiger partial charge in [-0.25, -0.2) is 9.97 Å². The molecule has 138 valence electrons. The van der Waals surface area contributed by atoms with Gasteiger partial charge in [-0.15, -0.1) is 0 Å². The highest BCUT2D eigenvalue weighted by Crippen LogP contribution is 2.31. The van der Waals surface area contributed by atoms with Crippen molar-refractivity contribution in [2.24, 2.45) is 0 Å². The molecule has 2 N–H and O–H groups in total. The predicted molar refractivity (Wildman–Crippen MR) is 105 cm³/mol. The van der Waals surface area contributed by atoms with Crippen molar-refractivity contribution in [2.45, 2.75) is 6.92 Å². The number of anilines is 4. The number of nitrogens with zero attached hydrogens (tertiary/aromatic N) is 2. The van der Waals surface area contributed by atoms with E-state index in [2.05, 4.69) is 20.6 Å². The third-order valence-corrected chi connectivity index (χ3v) is 3.89. The summed E-state index contributed by atoms with van der Waals surface area (Å²) in [5.74, 6) is 2.57. The summed E-state index contributed by atoms with van der Waals surface area (Å²) < 4.78 is 10.6. The van der Waals surface area contributed by atoms with E-state index in [9.17, 15) is 4.79 Å². The number of benzene rings is 2. The van der Waals surface area contributed by atoms with Gasteiger partial charge in [-0.1, -0.05) is 0 Å². The fourth-order valence-corrected chi connectivity index (χ4v) is 2.49. The van der Waals surface area contributed by atoms with Crippen molar-refractivity contribution in [2.75, 3.05) is 24.9 Å². The lowest BCUT2D eigenvalue weighted by Gasteiger charge is -2.12. The van der Waals surface area contributed by atoms with Crippen LogP contribution in [-0.4, -0.2) is 30.0 Å². The van der Waals surface area contributed by atoms with Crippen molar-refractivity contribution < 1.29 is 14.3 Å². The summed E-state index contributed by atoms with van der Waals surface area (Å²) in [5.41, 5.74) is 2.30. The van der Waals surface area contributed by atoms with Gasteiger partial charge in [0.2, 0.25) is 0 Å². The maximum Gasteiger partial charge on any atom is 0.162 e. The SMILES string of the molecule is COc1ccc(Nc2cc(Nc3ccc(C(C)=O)cc3)ncn2)cc1OC. The Hall–Kier alpha value is -3.61. The zero-order valence-electron chi connectivity index (χ0n) is 15.3. The number of carbonyl (C=O) groups excluding carboxylic acids is 1. The van der Waals surface area contributed by atoms with Gasteiger partial charge in [-0.3, -0.25) is 4.79 Å². The van der Waals surface area contributed by atoms with Gasteiger partial charge in [0.15, 0.2) is 17.3 Å². The van der Waals surface area contributed by atoms with Gasteiger partial charge < -0.3 is 20.1 Å². The van der Waals surface area contributed by atoms with E-state index in [0.29, 0.717) is 28.7 Å². The first-order valence-electron chi connectivity index (χ1n) is 8.28. The largest absolute Gasteiger partial charge is 0.493 e. The minimum atomic E-state index is 0.0324. The van der Waals surface area contributed by atoms with Gasteiger partial charge in [0.1, 0.15) is 18.0 Å². The predicted octanol–water partition coefficient (Wildman–Crippen LogP) is 4.18. The van der Waals surface area contributed by atoms with Gasteiger partial charge >= 0.3 is 0 Å². The number of methoxy groups -OCH3 is 2. The van der Waals surface area contributed by atoms with E-state index in [0.717, 1.165) is 11.4 Å². The van der Waals surface area contributed by atoms with E-state index in [1.165, 1.54) is 6.33 Å². The molecule has 0 unspecified atom stereocenters. The van der Waals surface area contributed by atoms with Crippen LogP contribution in [-0.2, 0) is 0 Å². The van der Waals surface area contributed by atoms with Gasteiger partial charge in [-0.2, -0.15) is 0 Å². The minimum Gasteiger partial charge on any atom is -0.493 e. The van der Waals surface area contributed by atoms with Crippen LogP contribution >= 0.6 is 0 Å². The molecule has 0 saturated carbocycles. The zero-order valence-corrected chi connectivity index (χ0v) is 15.3. The second kappa shape index (κ2) is 8.18. The molecular weight excluding hydrogens is 344 g/mol. The summed E-state index contributed by atoms with van der Waals surface area (Å²) in [6.45, 7) is 1.54. The highest BCUT2D eigenvalue weighted by atomic mass is 16.5. The third kappa shape index (κ3) is 4.52. The number of ether oxygens (including phenoxy) is 2. The molecule has 2 aromatic carbocycles. The maximum absolute atomic E-state index is 11.4. The first-order chi connectivity index (χ1) is 13.1. The fourth-order valence-electron chi connectivity index (χ4n) is 2.49. The highest BCUT2D eigenvalue weighted by molar-refractivity contribution is 5.94. The molecular formula is C20H20N4O3. The monoisotopic (exact) mass is 364 g/mol. The van der Waals surface area contributed by atoms with E-state index in [1.807, 2.05) is 30.3 Å². The summed E-state index contributed by atoms with van der Waals surface area (Å²) in [7, 11) is 3.18. The molecule has 0 spiro atoms. The van der Waals surface area contributed by atoms with E-state index in [1.54, 1.807) is 39.3 Å². The minimum absolute atomic E-state index is 0.0324. The van der Waals surface area contributed by atoms with Gasteiger partial charge in [0.25, 0.3) is 0 Å². The Kier molecular flexibility index (Phi) is 5.51. The molecule has 1 heterocycles. The average Bonchev–Trinajstić information content (AvgIpc) is 2.68. The molecule has 7 heteroatoms. The molecule has 1 aromatic heterocycles. The Balaban J connectivity index is 1.74. The van der Waals surface area contributed by atoms with Crippen LogP contribution in [0, 0.1) is 0 Å². The highest BCUT2D eigenvalue weighted by Gasteiger charge is 2.06. The van der Waals surface area contributed by atoms with Crippen LogP contribution in [0.5, 0.6) is 11.5 Å². The second-order valence-electron chi connectivity index (χ2n) is 5.74. The molecule has 0 aliphatic carbocycles. The topological polar surface area (TPSA) is 85.4 Å². The smallest absolute Gasteiger partial charge is 0.162 e. The van der Waals surface area contributed by atoms with E-state index >= 15 is 0 Å². The number of Topliss-reactive ketones (excluding diaryl/α,β-unsaturated/α-hetero) is 1. The van der Waals surface area contributed by atoms with Gasteiger partial charge in [0.05, 0.1) is 14.2 Å². The number of carbonyl (C=O) groups is 1. The Labute approximate surface area is 157 Å². The van der Waals surface area contributed by atoms with Crippen LogP contribution in [0.4, 0.5) is 23.0 Å². The Morgan fingerprint density at radius 3 is 2.00 bits per heavy atom. The van der Waals surface area contributed by atoms with Crippen molar-refractivity contribution in [1.82, 2.24) is 9.97 Å². The number of aromatic nitrogens is 2. The molecule has 3 rings (SSSR count). The molecule has 0 aliphatic heterocycles. The lowest BCUT2D eigenvalue weighted by molar-refractivity contribution is 0.101. The quantitative estimate of drug-likeness (QED) is 0.608. The maximum atomic E-state index is 11.4. The molecule has 0 saturated heterocycles. The second-order valence-corrected chi connectivity index (χ2v) is 5.74. The molecule has 0 fully saturated rings. The molecule has 0 amide bonds. The van der Waals surface area contributed by atoms with Crippen molar-refractivity contribution in [1.29, 1.82) is 0 Å². The molecule has 0 radical (unpaired) electrons. The molecule has 0 aliphatic rings. The van der Waals surface area contributed by atoms with E-state index < -0.39 is 0 Å². The molecule has 27 heavy (non-hydrogen) atoms. The first kappa shape index (κ1) is 18.2. The van der Waals surface area contributed by atoms with Crippen LogP contribution in [0.15, 0.2) is 54.9 Å². The number of hydrogen-bond acceptors (Lipinski definition) is 7. The summed E-state index contributed by atoms with van der Waals surface area (Å²) >= 11 is 0. The lowest BCUT2D eigenvalue weighted by Crippen LogP contribution is -1.99. The molecule has 3 aromatic rings. The molecule has 0 atom stereocenters. The number of ketones is 1. The Morgan fingerprint density at radius 1 is 0.815 bits per heavy atom. The number of rotatable bonds is 7. The Morgan fingerprint density at radius 2 is 1.41 bits per heavy atom. The van der Waals surface area contributed by atoms with Gasteiger partial charge in [0, 0.05) is 29.1 Å². The van der Waals surface area contributed by atoms with Crippen LogP contribution in [0.1, 0.15) is 17.3 Å². The Bertz CT molecular complexity index is 942. The normalized spacial score (nSPS) is 10.2. The summed E-state index contributed by atoms with van der Waals surface area (Å²) in [4.78, 5) is 19.8. The number of nitrogens with one attached hydrogen (secondary N) is 2. The van der Waals surface area contributed by atoms with Crippen LogP contribution in [0.2, 0.25) is 0 Å². The van der Waals surface area contributed by atoms with Gasteiger partial charge in [-0.05, 0) is 43.3 Å². The fraction of sp³-hybridized carbons (Fsp3) is 0.150. The van der Waals surface area contributed by atoms with E-state index in [4.69, 9.17) is 9.47 Å². The van der Waals surface area contributed by atoms with E-state index in [-0.39, 0.29) is 5.78 Å². The summed E-state index contributed by atoms with van der Waals surface area (Å²) in [5, 5.41) is 6.40. The average molecular weight is 364 g/mol. The zero-order chi connectivity index (χ0) is 19.2. The van der Waals surface area contributed by atoms with Crippen molar-refractivity contribution in [3.63, 3.8) is 0 Å².